The molecule has 13 heteroatoms. The quantitative estimate of drug-likeness (QED) is 0.124. The summed E-state index contributed by atoms with van der Waals surface area (Å²) in [5, 5.41) is -0.272. The smallest absolute Gasteiger partial charge is 0.310 e. The van der Waals surface area contributed by atoms with Crippen LogP contribution in [0.15, 0.2) is 0 Å². The highest BCUT2D eigenvalue weighted by molar-refractivity contribution is 7.90. The lowest BCUT2D eigenvalue weighted by Crippen LogP contribution is -2.54. The van der Waals surface area contributed by atoms with E-state index in [1.165, 1.54) is 96.4 Å². The van der Waals surface area contributed by atoms with Crippen LogP contribution in [-0.4, -0.2) is 127 Å². The number of piperidine rings is 2. The Bertz CT molecular complexity index is 2120. The summed E-state index contributed by atoms with van der Waals surface area (Å²) in [5.41, 5.74) is 0.254. The monoisotopic (exact) mass is 1110 g/mol. The van der Waals surface area contributed by atoms with E-state index < -0.39 is 10.0 Å². The van der Waals surface area contributed by atoms with Gasteiger partial charge in [0.25, 0.3) is 0 Å². The van der Waals surface area contributed by atoms with Crippen LogP contribution in [0.5, 0.6) is 0 Å². The fraction of sp³-hybridized carbons (Fsp3) is 0.954. The van der Waals surface area contributed by atoms with Crippen LogP contribution in [0.2, 0.25) is 0 Å². The number of nitrogens with zero attached hydrogens (tertiary/aromatic N) is 3. The maximum absolute atomic E-state index is 13.0. The maximum atomic E-state index is 13.0. The Kier molecular flexibility index (Phi) is 18.0. The van der Waals surface area contributed by atoms with E-state index in [1.54, 1.807) is 0 Å². The van der Waals surface area contributed by atoms with Gasteiger partial charge in [-0.1, -0.05) is 54.4 Å². The first-order valence-electron chi connectivity index (χ1n) is 32.8. The van der Waals surface area contributed by atoms with Crippen LogP contribution in [0.25, 0.3) is 0 Å². The molecule has 11 unspecified atom stereocenters. The molecule has 3 heterocycles. The van der Waals surface area contributed by atoms with Crippen LogP contribution in [0, 0.1) is 82.3 Å². The number of hydrogen-bond donors (Lipinski definition) is 1. The molecule has 1 N–H and O–H groups in total. The molecule has 0 aromatic heterocycles. The molecule has 0 amide bonds. The zero-order valence-corrected chi connectivity index (χ0v) is 51.7. The van der Waals surface area contributed by atoms with Gasteiger partial charge in [0.1, 0.15) is 17.3 Å². The number of carbonyl (C=O) groups excluding carboxylic acids is 3. The summed E-state index contributed by atoms with van der Waals surface area (Å²) in [7, 11) is -3.23. The van der Waals surface area contributed by atoms with Crippen LogP contribution in [0.4, 0.5) is 0 Å². The Hall–Kier alpha value is -1.80. The van der Waals surface area contributed by atoms with Crippen molar-refractivity contribution in [3.8, 4) is 0 Å². The molecule has 3 saturated heterocycles. The third-order valence-corrected chi connectivity index (χ3v) is 25.4. The van der Waals surface area contributed by atoms with Crippen molar-refractivity contribution in [3.05, 3.63) is 0 Å². The van der Waals surface area contributed by atoms with Gasteiger partial charge in [0.15, 0.2) is 0 Å². The fourth-order valence-electron chi connectivity index (χ4n) is 20.6. The SMILES string of the molecule is CC(CN1CCC(C(C)(C)C)CC1)C(=O)OC12CC3CC(CC(C3)C1)C2.CC(CN1CCCC2CCCCC21)C(=O)OC12CC3CC(CC(C3)C1)C2.CCC(C(=O)OC1C2CC3C1NS(=O)(=O)C3C2)C(C)N(C(C)C)C(C)C. The first-order valence-corrected chi connectivity index (χ1v) is 34.4. The first-order chi connectivity index (χ1) is 36.9. The van der Waals surface area contributed by atoms with E-state index in [2.05, 4.69) is 88.7 Å². The van der Waals surface area contributed by atoms with Gasteiger partial charge in [-0.2, -0.15) is 0 Å². The summed E-state index contributed by atoms with van der Waals surface area (Å²) in [6.45, 7) is 29.3. The lowest BCUT2D eigenvalue weighted by Gasteiger charge is -2.56. The van der Waals surface area contributed by atoms with E-state index in [-0.39, 0.29) is 82.1 Å². The summed E-state index contributed by atoms with van der Waals surface area (Å²) >= 11 is 0. The predicted molar refractivity (Wildman–Crippen MR) is 309 cm³/mol. The standard InChI is InChI=1S/C23H37NO2.C23H39NO2.C19H34N2O4S/c1-16(15-24-8-4-6-20-5-2-3-7-21(20)24)22(25)26-23-12-17-9-18(13-23)11-19(10-17)14-23;1-16(15-24-7-5-20(6-8-24)22(2,3)4)21(25)26-23-12-17-9-18(13-23)11-19(10-17)14-23;1-7-14(12(6)21(10(2)3)11(4)5)19(22)25-18-13-8-15-16(9-13)26(23,24)20-17(15)18/h16-21H,2-15H2,1H3;16-20H,5-15H2,1-4H3;10-18,20H,7-9H2,1-6H3. The molecule has 3 aliphatic heterocycles. The fourth-order valence-corrected chi connectivity index (χ4v) is 22.8. The number of rotatable bonds is 15. The molecule has 0 radical (unpaired) electrons. The van der Waals surface area contributed by atoms with Gasteiger partial charge in [-0.05, 0) is 254 Å². The molecule has 0 spiro atoms. The van der Waals surface area contributed by atoms with E-state index in [4.69, 9.17) is 14.2 Å². The van der Waals surface area contributed by atoms with Crippen molar-refractivity contribution in [2.24, 2.45) is 82.3 Å². The minimum absolute atomic E-state index is 0.00851. The van der Waals surface area contributed by atoms with E-state index in [0.717, 1.165) is 131 Å². The van der Waals surface area contributed by atoms with Crippen molar-refractivity contribution in [3.63, 3.8) is 0 Å². The van der Waals surface area contributed by atoms with E-state index >= 15 is 0 Å². The topological polar surface area (TPSA) is 135 Å². The molecule has 0 aromatic rings. The normalized spacial score (nSPS) is 40.7. The number of esters is 3. The summed E-state index contributed by atoms with van der Waals surface area (Å²) in [6.07, 6.45) is 28.0. The first kappa shape index (κ1) is 59.4. The van der Waals surface area contributed by atoms with Crippen LogP contribution in [0.3, 0.4) is 0 Å². The number of hydrogen-bond acceptors (Lipinski definition) is 11. The summed E-state index contributed by atoms with van der Waals surface area (Å²) < 4.78 is 45.7. The number of nitrogens with one attached hydrogen (secondary N) is 1. The van der Waals surface area contributed by atoms with Gasteiger partial charge in [0.2, 0.25) is 10.0 Å². The average Bonchev–Trinajstić information content (AvgIpc) is 4.07. The van der Waals surface area contributed by atoms with Crippen molar-refractivity contribution in [1.29, 1.82) is 0 Å². The average molecular weight is 1110 g/mol. The number of fused-ring (bicyclic) bond motifs is 2. The van der Waals surface area contributed by atoms with Gasteiger partial charge < -0.3 is 19.1 Å². The second-order valence-corrected chi connectivity index (χ2v) is 32.9. The molecule has 14 aliphatic rings. The molecular formula is C65H110N4O8S. The van der Waals surface area contributed by atoms with Crippen LogP contribution in [-0.2, 0) is 38.6 Å². The second-order valence-electron chi connectivity index (χ2n) is 30.9. The maximum Gasteiger partial charge on any atom is 0.310 e. The minimum atomic E-state index is -3.23. The van der Waals surface area contributed by atoms with Gasteiger partial charge in [0, 0.05) is 37.3 Å². The van der Waals surface area contributed by atoms with Gasteiger partial charge in [0.05, 0.1) is 29.0 Å². The molecule has 12 nitrogen and oxygen atoms in total. The highest BCUT2D eigenvalue weighted by Crippen LogP contribution is 2.59. The molecule has 78 heavy (non-hydrogen) atoms. The van der Waals surface area contributed by atoms with Gasteiger partial charge in [-0.25, -0.2) is 13.1 Å². The zero-order valence-electron chi connectivity index (χ0n) is 50.9. The summed E-state index contributed by atoms with van der Waals surface area (Å²) in [5.74, 6) is 6.87. The lowest BCUT2D eigenvalue weighted by molar-refractivity contribution is -0.192. The molecule has 10 bridgehead atoms. The molecule has 444 valence electrons. The van der Waals surface area contributed by atoms with Crippen LogP contribution >= 0.6 is 0 Å². The number of carbonyl (C=O) groups is 3. The molecule has 11 atom stereocenters. The molecule has 14 fully saturated rings. The summed E-state index contributed by atoms with van der Waals surface area (Å²) in [4.78, 5) is 46.4. The van der Waals surface area contributed by atoms with Crippen LogP contribution in [0.1, 0.15) is 224 Å². The Morgan fingerprint density at radius 2 is 1.10 bits per heavy atom. The Balaban J connectivity index is 0.000000132. The highest BCUT2D eigenvalue weighted by Gasteiger charge is 2.64. The van der Waals surface area contributed by atoms with Gasteiger partial charge >= 0.3 is 17.9 Å². The Labute approximate surface area is 473 Å². The van der Waals surface area contributed by atoms with E-state index in [0.29, 0.717) is 23.9 Å². The molecule has 11 saturated carbocycles. The Morgan fingerprint density at radius 3 is 1.59 bits per heavy atom. The number of ether oxygens (including phenoxy) is 3. The number of sulfonamides is 1. The lowest BCUT2D eigenvalue weighted by atomic mass is 9.54. The second kappa shape index (κ2) is 23.7. The largest absolute Gasteiger partial charge is 0.460 e. The third kappa shape index (κ3) is 12.8. The molecule has 14 rings (SSSR count). The summed E-state index contributed by atoms with van der Waals surface area (Å²) in [6, 6.07) is 1.30. The highest BCUT2D eigenvalue weighted by atomic mass is 32.2. The van der Waals surface area contributed by atoms with Gasteiger partial charge in [-0.15, -0.1) is 0 Å². The van der Waals surface area contributed by atoms with Crippen molar-refractivity contribution in [2.75, 3.05) is 32.7 Å². The van der Waals surface area contributed by atoms with Crippen molar-refractivity contribution in [2.45, 2.75) is 277 Å². The van der Waals surface area contributed by atoms with Crippen molar-refractivity contribution >= 4 is 27.9 Å². The number of likely N-dealkylation sites (tertiary alicyclic amines) is 2. The van der Waals surface area contributed by atoms with E-state index in [1.807, 2.05) is 6.92 Å². The molecule has 11 aliphatic carbocycles. The third-order valence-electron chi connectivity index (χ3n) is 23.4. The Morgan fingerprint density at radius 1 is 0.615 bits per heavy atom. The van der Waals surface area contributed by atoms with E-state index in [9.17, 15) is 22.8 Å². The minimum Gasteiger partial charge on any atom is -0.460 e. The van der Waals surface area contributed by atoms with Crippen LogP contribution < -0.4 is 4.72 Å². The van der Waals surface area contributed by atoms with Crippen molar-refractivity contribution < 1.29 is 37.0 Å². The molecular weight excluding hydrogens is 997 g/mol. The van der Waals surface area contributed by atoms with Gasteiger partial charge in [-0.3, -0.25) is 24.2 Å². The predicted octanol–water partition coefficient (Wildman–Crippen LogP) is 11.8. The molecule has 0 aromatic carbocycles. The zero-order chi connectivity index (χ0) is 55.6. The van der Waals surface area contributed by atoms with Crippen molar-refractivity contribution in [1.82, 2.24) is 19.4 Å².